The van der Waals surface area contributed by atoms with Crippen molar-refractivity contribution in [3.05, 3.63) is 44.8 Å². The predicted molar refractivity (Wildman–Crippen MR) is 109 cm³/mol. The molecule has 1 saturated carbocycles. The molecule has 1 aromatic heterocycles. The molecule has 1 aliphatic carbocycles. The summed E-state index contributed by atoms with van der Waals surface area (Å²) < 4.78 is 5.63. The number of amides is 2. The first-order valence-electron chi connectivity index (χ1n) is 8.92. The van der Waals surface area contributed by atoms with Crippen molar-refractivity contribution >= 4 is 45.0 Å². The zero-order valence-corrected chi connectivity index (χ0v) is 17.5. The Kier molecular flexibility index (Phi) is 6.84. The lowest BCUT2D eigenvalue weighted by atomic mass is 9.94. The van der Waals surface area contributed by atoms with E-state index in [9.17, 15) is 9.59 Å². The number of carbonyl (C=O) groups is 2. The van der Waals surface area contributed by atoms with Crippen molar-refractivity contribution in [2.75, 3.05) is 12.4 Å². The van der Waals surface area contributed by atoms with Crippen molar-refractivity contribution in [2.45, 2.75) is 44.7 Å². The molecule has 0 unspecified atom stereocenters. The molecule has 144 valence electrons. The minimum Gasteiger partial charge on any atom is -0.464 e. The van der Waals surface area contributed by atoms with E-state index in [1.54, 1.807) is 5.38 Å². The Bertz CT molecular complexity index is 805. The van der Waals surface area contributed by atoms with Gasteiger partial charge >= 0.3 is 12.0 Å². The molecule has 0 radical (unpaired) electrons. The van der Waals surface area contributed by atoms with Crippen LogP contribution in [0.3, 0.4) is 0 Å². The number of thiazole rings is 1. The summed E-state index contributed by atoms with van der Waals surface area (Å²) in [4.78, 5) is 30.8. The number of ether oxygens (including phenoxy) is 1. The van der Waals surface area contributed by atoms with E-state index in [1.165, 1.54) is 24.9 Å². The molecule has 3 rings (SSSR count). The van der Waals surface area contributed by atoms with Gasteiger partial charge in [-0.1, -0.05) is 41.3 Å². The van der Waals surface area contributed by atoms with Crippen LogP contribution in [0.15, 0.2) is 34.1 Å². The summed E-state index contributed by atoms with van der Waals surface area (Å²) in [6, 6.07) is 7.56. The minimum atomic E-state index is -0.458. The number of benzene rings is 1. The summed E-state index contributed by atoms with van der Waals surface area (Å²) in [6.45, 7) is 0.381. The summed E-state index contributed by atoms with van der Waals surface area (Å²) in [7, 11) is 1.33. The summed E-state index contributed by atoms with van der Waals surface area (Å²) in [5.74, 6) is -0.458. The van der Waals surface area contributed by atoms with Gasteiger partial charge in [0.1, 0.15) is 5.01 Å². The molecule has 2 aromatic rings. The van der Waals surface area contributed by atoms with Gasteiger partial charge in [0.05, 0.1) is 13.7 Å². The molecule has 8 heteroatoms. The predicted octanol–water partition coefficient (Wildman–Crippen LogP) is 5.06. The van der Waals surface area contributed by atoms with Crippen LogP contribution in [0.5, 0.6) is 0 Å². The van der Waals surface area contributed by atoms with Crippen LogP contribution < -0.4 is 5.32 Å². The van der Waals surface area contributed by atoms with E-state index in [0.717, 1.165) is 40.9 Å². The molecule has 1 aliphatic rings. The first-order chi connectivity index (χ1) is 13.1. The van der Waals surface area contributed by atoms with E-state index < -0.39 is 5.97 Å². The van der Waals surface area contributed by atoms with E-state index in [-0.39, 0.29) is 17.8 Å². The molecule has 1 fully saturated rings. The van der Waals surface area contributed by atoms with Gasteiger partial charge in [-0.2, -0.15) is 0 Å². The number of anilines is 1. The van der Waals surface area contributed by atoms with Gasteiger partial charge in [0, 0.05) is 21.6 Å². The number of halogens is 1. The summed E-state index contributed by atoms with van der Waals surface area (Å²) in [5, 5.41) is 5.38. The van der Waals surface area contributed by atoms with Crippen LogP contribution >= 0.6 is 27.3 Å². The third-order valence-corrected chi connectivity index (χ3v) is 5.93. The Morgan fingerprint density at radius 1 is 1.33 bits per heavy atom. The highest BCUT2D eigenvalue weighted by Gasteiger charge is 2.27. The van der Waals surface area contributed by atoms with Crippen LogP contribution in [0, 0.1) is 0 Å². The fourth-order valence-electron chi connectivity index (χ4n) is 3.25. The molecule has 6 nitrogen and oxygen atoms in total. The summed E-state index contributed by atoms with van der Waals surface area (Å²) in [6.07, 6.45) is 5.43. The number of esters is 1. The van der Waals surface area contributed by atoms with Crippen LogP contribution in [-0.4, -0.2) is 35.0 Å². The van der Waals surface area contributed by atoms with Gasteiger partial charge < -0.3 is 15.0 Å². The van der Waals surface area contributed by atoms with E-state index >= 15 is 0 Å². The Balaban J connectivity index is 1.76. The minimum absolute atomic E-state index is 0.144. The Morgan fingerprint density at radius 2 is 2.11 bits per heavy atom. The molecular weight excluding hydrogens is 430 g/mol. The second kappa shape index (κ2) is 9.32. The molecule has 1 heterocycles. The van der Waals surface area contributed by atoms with Gasteiger partial charge in [0.15, 0.2) is 5.69 Å². The molecular formula is C19H22BrN3O3S. The molecule has 27 heavy (non-hydrogen) atoms. The van der Waals surface area contributed by atoms with Crippen molar-refractivity contribution in [3.63, 3.8) is 0 Å². The van der Waals surface area contributed by atoms with Crippen molar-refractivity contribution in [2.24, 2.45) is 0 Å². The number of methoxy groups -OCH3 is 1. The van der Waals surface area contributed by atoms with Crippen molar-refractivity contribution in [3.8, 4) is 0 Å². The maximum atomic E-state index is 13.0. The van der Waals surface area contributed by atoms with Gasteiger partial charge in [0.2, 0.25) is 0 Å². The molecule has 0 saturated heterocycles. The van der Waals surface area contributed by atoms with E-state index in [1.807, 2.05) is 29.2 Å². The van der Waals surface area contributed by atoms with Crippen LogP contribution in [0.25, 0.3) is 0 Å². The maximum Gasteiger partial charge on any atom is 0.357 e. The highest BCUT2D eigenvalue weighted by Crippen LogP contribution is 2.26. The Hall–Kier alpha value is -1.93. The van der Waals surface area contributed by atoms with E-state index in [2.05, 4.69) is 26.2 Å². The van der Waals surface area contributed by atoms with Gasteiger partial charge in [0.25, 0.3) is 0 Å². The van der Waals surface area contributed by atoms with Gasteiger partial charge in [-0.05, 0) is 31.0 Å². The smallest absolute Gasteiger partial charge is 0.357 e. The van der Waals surface area contributed by atoms with E-state index in [4.69, 9.17) is 4.74 Å². The first-order valence-corrected chi connectivity index (χ1v) is 10.6. The second-order valence-electron chi connectivity index (χ2n) is 6.48. The number of urea groups is 1. The van der Waals surface area contributed by atoms with Crippen molar-refractivity contribution in [1.82, 2.24) is 9.88 Å². The SMILES string of the molecule is COC(=O)c1csc(CN(C(=O)Nc2cccc(Br)c2)C2CCCCC2)n1. The van der Waals surface area contributed by atoms with E-state index in [0.29, 0.717) is 6.54 Å². The van der Waals surface area contributed by atoms with Gasteiger partial charge in [-0.15, -0.1) is 11.3 Å². The number of carbonyl (C=O) groups excluding carboxylic acids is 2. The lowest BCUT2D eigenvalue weighted by Gasteiger charge is -2.33. The Morgan fingerprint density at radius 3 is 2.81 bits per heavy atom. The Labute approximate surface area is 171 Å². The largest absolute Gasteiger partial charge is 0.464 e. The lowest BCUT2D eigenvalue weighted by molar-refractivity contribution is 0.0594. The fraction of sp³-hybridized carbons (Fsp3) is 0.421. The van der Waals surface area contributed by atoms with Crippen LogP contribution in [0.2, 0.25) is 0 Å². The molecule has 0 atom stereocenters. The normalized spacial score (nSPS) is 14.6. The number of nitrogens with one attached hydrogen (secondary N) is 1. The first kappa shape index (κ1) is 19.8. The van der Waals surface area contributed by atoms with Crippen molar-refractivity contribution in [1.29, 1.82) is 0 Å². The molecule has 1 aromatic carbocycles. The summed E-state index contributed by atoms with van der Waals surface area (Å²) in [5.41, 5.74) is 1.03. The molecule has 0 spiro atoms. The topological polar surface area (TPSA) is 71.5 Å². The number of hydrogen-bond donors (Lipinski definition) is 1. The highest BCUT2D eigenvalue weighted by molar-refractivity contribution is 9.10. The summed E-state index contributed by atoms with van der Waals surface area (Å²) >= 11 is 4.80. The van der Waals surface area contributed by atoms with Crippen LogP contribution in [0.4, 0.5) is 10.5 Å². The van der Waals surface area contributed by atoms with Crippen molar-refractivity contribution < 1.29 is 14.3 Å². The second-order valence-corrected chi connectivity index (χ2v) is 8.34. The zero-order valence-electron chi connectivity index (χ0n) is 15.1. The molecule has 1 N–H and O–H groups in total. The fourth-order valence-corrected chi connectivity index (χ4v) is 4.41. The third kappa shape index (κ3) is 5.29. The van der Waals surface area contributed by atoms with Gasteiger partial charge in [-0.25, -0.2) is 14.6 Å². The monoisotopic (exact) mass is 451 g/mol. The van der Waals surface area contributed by atoms with Crippen LogP contribution in [0.1, 0.15) is 47.6 Å². The third-order valence-electron chi connectivity index (χ3n) is 4.60. The standard InChI is InChI=1S/C19H22BrN3O3S/c1-26-18(24)16-12-27-17(22-16)11-23(15-8-3-2-4-9-15)19(25)21-14-7-5-6-13(20)10-14/h5-7,10,12,15H,2-4,8-9,11H2,1H3,(H,21,25). The highest BCUT2D eigenvalue weighted by atomic mass is 79.9. The number of aromatic nitrogens is 1. The number of rotatable bonds is 5. The number of nitrogens with zero attached hydrogens (tertiary/aromatic N) is 2. The quantitative estimate of drug-likeness (QED) is 0.644. The average molecular weight is 452 g/mol. The average Bonchev–Trinajstić information content (AvgIpc) is 3.15. The lowest BCUT2D eigenvalue weighted by Crippen LogP contribution is -2.43. The molecule has 2 amide bonds. The van der Waals surface area contributed by atoms with Crippen LogP contribution in [-0.2, 0) is 11.3 Å². The number of hydrogen-bond acceptors (Lipinski definition) is 5. The zero-order chi connectivity index (χ0) is 19.2. The van der Waals surface area contributed by atoms with Gasteiger partial charge in [-0.3, -0.25) is 0 Å². The maximum absolute atomic E-state index is 13.0. The molecule has 0 aliphatic heterocycles. The molecule has 0 bridgehead atoms.